The Balaban J connectivity index is 2.02. The van der Waals surface area contributed by atoms with E-state index in [1.54, 1.807) is 0 Å². The molecule has 2 nitrogen and oxygen atoms in total. The van der Waals surface area contributed by atoms with E-state index in [4.69, 9.17) is 11.6 Å². The summed E-state index contributed by atoms with van der Waals surface area (Å²) in [7, 11) is 0. The van der Waals surface area contributed by atoms with Gasteiger partial charge in [0, 0.05) is 27.4 Å². The molecule has 0 aromatic heterocycles. The van der Waals surface area contributed by atoms with Crippen LogP contribution in [0.2, 0.25) is 5.02 Å². The van der Waals surface area contributed by atoms with Crippen LogP contribution in [0.15, 0.2) is 52.3 Å². The number of para-hydroxylation sites is 1. The first-order valence-corrected chi connectivity index (χ1v) is 9.41. The normalized spacial score (nSPS) is 14.6. The maximum atomic E-state index is 6.29. The van der Waals surface area contributed by atoms with Crippen LogP contribution < -0.4 is 4.90 Å². The second-order valence-electron chi connectivity index (χ2n) is 5.89. The molecule has 1 aliphatic heterocycles. The largest absolute Gasteiger partial charge is 0.335 e. The molecular formula is C19H23ClN2S. The summed E-state index contributed by atoms with van der Waals surface area (Å²) in [4.78, 5) is 7.51. The smallest absolute Gasteiger partial charge is 0.0570 e. The second kappa shape index (κ2) is 7.16. The molecule has 2 aromatic rings. The lowest BCUT2D eigenvalue weighted by Gasteiger charge is -2.39. The molecule has 122 valence electrons. The number of likely N-dealkylation sites (N-methyl/N-ethyl adjacent to an activating group) is 1. The zero-order chi connectivity index (χ0) is 16.4. The van der Waals surface area contributed by atoms with E-state index in [1.807, 2.05) is 17.8 Å². The standard InChI is InChI=1S/C19H23ClN2S/c1-4-21(5-2)13-14(3)22-16-8-6-7-9-18(16)23-19-11-10-15(20)12-17(19)22/h6-12,14H,4-5,13H2,1-3H3/t14-/m0/s1. The van der Waals surface area contributed by atoms with Crippen molar-refractivity contribution in [3.63, 3.8) is 0 Å². The van der Waals surface area contributed by atoms with Crippen molar-refractivity contribution in [3.05, 3.63) is 47.5 Å². The van der Waals surface area contributed by atoms with Gasteiger partial charge in [-0.1, -0.05) is 49.3 Å². The Hall–Kier alpha value is -1.16. The van der Waals surface area contributed by atoms with E-state index < -0.39 is 0 Å². The van der Waals surface area contributed by atoms with Gasteiger partial charge in [-0.05, 0) is 50.3 Å². The first kappa shape index (κ1) is 16.7. The highest BCUT2D eigenvalue weighted by molar-refractivity contribution is 7.99. The van der Waals surface area contributed by atoms with E-state index in [9.17, 15) is 0 Å². The average molecular weight is 347 g/mol. The molecule has 0 amide bonds. The van der Waals surface area contributed by atoms with Crippen LogP contribution in [0.1, 0.15) is 20.8 Å². The highest BCUT2D eigenvalue weighted by Crippen LogP contribution is 2.49. The Labute approximate surface area is 148 Å². The van der Waals surface area contributed by atoms with E-state index in [2.05, 4.69) is 67.0 Å². The number of hydrogen-bond donors (Lipinski definition) is 0. The molecule has 0 saturated heterocycles. The Bertz CT molecular complexity index is 685. The molecule has 23 heavy (non-hydrogen) atoms. The summed E-state index contributed by atoms with van der Waals surface area (Å²) in [5.74, 6) is 0. The molecule has 0 radical (unpaired) electrons. The fourth-order valence-corrected chi connectivity index (χ4v) is 4.39. The van der Waals surface area contributed by atoms with Gasteiger partial charge in [0.05, 0.1) is 11.4 Å². The molecule has 0 unspecified atom stereocenters. The number of benzene rings is 2. The van der Waals surface area contributed by atoms with Gasteiger partial charge < -0.3 is 9.80 Å². The summed E-state index contributed by atoms with van der Waals surface area (Å²) in [5, 5.41) is 0.795. The summed E-state index contributed by atoms with van der Waals surface area (Å²) in [6, 6.07) is 15.2. The molecule has 3 rings (SSSR count). The monoisotopic (exact) mass is 346 g/mol. The van der Waals surface area contributed by atoms with Gasteiger partial charge in [0.1, 0.15) is 0 Å². The van der Waals surface area contributed by atoms with E-state index in [0.29, 0.717) is 6.04 Å². The summed E-state index contributed by atoms with van der Waals surface area (Å²) < 4.78 is 0. The van der Waals surface area contributed by atoms with Gasteiger partial charge >= 0.3 is 0 Å². The van der Waals surface area contributed by atoms with Crippen LogP contribution >= 0.6 is 23.4 Å². The lowest BCUT2D eigenvalue weighted by atomic mass is 10.1. The fourth-order valence-electron chi connectivity index (χ4n) is 3.17. The third-order valence-electron chi connectivity index (χ3n) is 4.38. The molecule has 0 saturated carbocycles. The Kier molecular flexibility index (Phi) is 5.20. The van der Waals surface area contributed by atoms with Gasteiger partial charge in [-0.15, -0.1) is 0 Å². The minimum Gasteiger partial charge on any atom is -0.335 e. The summed E-state index contributed by atoms with van der Waals surface area (Å²) >= 11 is 8.12. The van der Waals surface area contributed by atoms with Crippen LogP contribution in [-0.2, 0) is 0 Å². The lowest BCUT2D eigenvalue weighted by Crippen LogP contribution is -2.41. The molecule has 1 atom stereocenters. The van der Waals surface area contributed by atoms with Crippen molar-refractivity contribution in [1.82, 2.24) is 4.90 Å². The van der Waals surface area contributed by atoms with Gasteiger partial charge in [0.15, 0.2) is 0 Å². The van der Waals surface area contributed by atoms with E-state index in [-0.39, 0.29) is 0 Å². The maximum Gasteiger partial charge on any atom is 0.0570 e. The Morgan fingerprint density at radius 3 is 2.48 bits per heavy atom. The lowest BCUT2D eigenvalue weighted by molar-refractivity contribution is 0.288. The third-order valence-corrected chi connectivity index (χ3v) is 5.75. The molecule has 0 N–H and O–H groups in total. The van der Waals surface area contributed by atoms with Crippen LogP contribution in [-0.4, -0.2) is 30.6 Å². The molecule has 1 aliphatic rings. The van der Waals surface area contributed by atoms with Crippen molar-refractivity contribution < 1.29 is 0 Å². The SMILES string of the molecule is CCN(CC)C[C@H](C)N1c2ccccc2Sc2ccc(Cl)cc21. The van der Waals surface area contributed by atoms with Crippen molar-refractivity contribution in [1.29, 1.82) is 0 Å². The number of nitrogens with zero attached hydrogens (tertiary/aromatic N) is 2. The van der Waals surface area contributed by atoms with Crippen LogP contribution in [0.4, 0.5) is 11.4 Å². The highest BCUT2D eigenvalue weighted by atomic mass is 35.5. The number of anilines is 2. The average Bonchev–Trinajstić information content (AvgIpc) is 2.57. The fraction of sp³-hybridized carbons (Fsp3) is 0.368. The zero-order valence-corrected chi connectivity index (χ0v) is 15.5. The number of fused-ring (bicyclic) bond motifs is 2. The summed E-state index contributed by atoms with van der Waals surface area (Å²) in [6.07, 6.45) is 0. The first-order chi connectivity index (χ1) is 11.1. The minimum absolute atomic E-state index is 0.383. The van der Waals surface area contributed by atoms with Crippen LogP contribution in [0.25, 0.3) is 0 Å². The molecule has 0 fully saturated rings. The molecule has 0 spiro atoms. The predicted octanol–water partition coefficient (Wildman–Crippen LogP) is 5.67. The van der Waals surface area contributed by atoms with E-state index in [0.717, 1.165) is 24.7 Å². The summed E-state index contributed by atoms with van der Waals surface area (Å²) in [5.41, 5.74) is 2.51. The predicted molar refractivity (Wildman–Crippen MR) is 101 cm³/mol. The van der Waals surface area contributed by atoms with Crippen molar-refractivity contribution in [2.45, 2.75) is 36.6 Å². The highest BCUT2D eigenvalue weighted by Gasteiger charge is 2.27. The molecular weight excluding hydrogens is 324 g/mol. The molecule has 4 heteroatoms. The van der Waals surface area contributed by atoms with Crippen LogP contribution in [0.3, 0.4) is 0 Å². The second-order valence-corrected chi connectivity index (χ2v) is 7.41. The van der Waals surface area contributed by atoms with Gasteiger partial charge in [-0.3, -0.25) is 0 Å². The molecule has 0 bridgehead atoms. The van der Waals surface area contributed by atoms with E-state index >= 15 is 0 Å². The van der Waals surface area contributed by atoms with Crippen molar-refractivity contribution in [2.75, 3.05) is 24.5 Å². The molecule has 1 heterocycles. The van der Waals surface area contributed by atoms with Gasteiger partial charge in [-0.2, -0.15) is 0 Å². The first-order valence-electron chi connectivity index (χ1n) is 8.22. The molecule has 0 aliphatic carbocycles. The quantitative estimate of drug-likeness (QED) is 0.688. The van der Waals surface area contributed by atoms with E-state index in [1.165, 1.54) is 21.2 Å². The number of rotatable bonds is 5. The van der Waals surface area contributed by atoms with Gasteiger partial charge in [0.2, 0.25) is 0 Å². The Morgan fingerprint density at radius 1 is 1.04 bits per heavy atom. The van der Waals surface area contributed by atoms with Gasteiger partial charge in [0.25, 0.3) is 0 Å². The number of halogens is 1. The van der Waals surface area contributed by atoms with Crippen LogP contribution in [0, 0.1) is 0 Å². The zero-order valence-electron chi connectivity index (χ0n) is 13.9. The van der Waals surface area contributed by atoms with Gasteiger partial charge in [-0.25, -0.2) is 0 Å². The van der Waals surface area contributed by atoms with Crippen molar-refractivity contribution >= 4 is 34.7 Å². The third kappa shape index (κ3) is 3.37. The number of hydrogen-bond acceptors (Lipinski definition) is 3. The van der Waals surface area contributed by atoms with Crippen molar-refractivity contribution in [3.8, 4) is 0 Å². The Morgan fingerprint density at radius 2 is 1.74 bits per heavy atom. The summed E-state index contributed by atoms with van der Waals surface area (Å²) in [6.45, 7) is 9.94. The topological polar surface area (TPSA) is 6.48 Å². The molecule has 2 aromatic carbocycles. The maximum absolute atomic E-state index is 6.29. The minimum atomic E-state index is 0.383. The van der Waals surface area contributed by atoms with Crippen LogP contribution in [0.5, 0.6) is 0 Å². The van der Waals surface area contributed by atoms with Crippen molar-refractivity contribution in [2.24, 2.45) is 0 Å².